The molecule has 0 saturated carbocycles. The fraction of sp³-hybridized carbons (Fsp3) is 0.308. The molecule has 1 nitrogen and oxygen atoms in total. The van der Waals surface area contributed by atoms with E-state index in [1.165, 1.54) is 5.57 Å². The van der Waals surface area contributed by atoms with E-state index in [2.05, 4.69) is 18.2 Å². The lowest BCUT2D eigenvalue weighted by atomic mass is 9.85. The van der Waals surface area contributed by atoms with E-state index >= 15 is 0 Å². The largest absolute Gasteiger partial charge is 0.293 e. The van der Waals surface area contributed by atoms with Gasteiger partial charge in [0.05, 0.1) is 5.92 Å². The molecule has 2 unspecified atom stereocenters. The van der Waals surface area contributed by atoms with Crippen molar-refractivity contribution in [2.75, 3.05) is 0 Å². The highest BCUT2D eigenvalue weighted by atomic mass is 16.1. The summed E-state index contributed by atoms with van der Waals surface area (Å²) in [5.41, 5.74) is 2.35. The van der Waals surface area contributed by atoms with Gasteiger partial charge in [-0.1, -0.05) is 42.0 Å². The number of rotatable bonds is 0. The first-order valence-corrected chi connectivity index (χ1v) is 5.17. The molecule has 14 heavy (non-hydrogen) atoms. The van der Waals surface area contributed by atoms with Crippen LogP contribution in [0.15, 0.2) is 47.6 Å². The Bertz CT molecular complexity index is 407. The summed E-state index contributed by atoms with van der Waals surface area (Å²) in [5, 5.41) is 0. The Morgan fingerprint density at radius 1 is 1.14 bits per heavy atom. The number of hydrogen-bond acceptors (Lipinski definition) is 1. The average molecular weight is 184 g/mol. The fourth-order valence-electron chi connectivity index (χ4n) is 2.64. The molecular weight excluding hydrogens is 172 g/mol. The number of hydrogen-bond donors (Lipinski definition) is 0. The highest BCUT2D eigenvalue weighted by Gasteiger charge is 2.38. The monoisotopic (exact) mass is 184 g/mol. The average Bonchev–Trinajstić information content (AvgIpc) is 2.55. The molecule has 1 heteroatoms. The Kier molecular flexibility index (Phi) is 1.60. The van der Waals surface area contributed by atoms with Crippen molar-refractivity contribution in [3.8, 4) is 0 Å². The highest BCUT2D eigenvalue weighted by molar-refractivity contribution is 6.05. The van der Waals surface area contributed by atoms with E-state index in [9.17, 15) is 4.79 Å². The van der Waals surface area contributed by atoms with Crippen molar-refractivity contribution < 1.29 is 4.79 Å². The molecule has 70 valence electrons. The molecule has 2 atom stereocenters. The lowest BCUT2D eigenvalue weighted by molar-refractivity contribution is -0.117. The standard InChI is InChI=1S/C13H12O/c14-13-11-7-3-1-5-9(11)10-6-2-4-8-12(10)13/h1,3-5,7-9,11H,2,6H2. The quantitative estimate of drug-likeness (QED) is 0.565. The van der Waals surface area contributed by atoms with E-state index < -0.39 is 0 Å². The van der Waals surface area contributed by atoms with Crippen LogP contribution in [0.1, 0.15) is 12.8 Å². The predicted octanol–water partition coefficient (Wildman–Crippen LogP) is 2.57. The van der Waals surface area contributed by atoms with Crippen LogP contribution in [0, 0.1) is 11.8 Å². The van der Waals surface area contributed by atoms with Crippen molar-refractivity contribution in [1.29, 1.82) is 0 Å². The van der Waals surface area contributed by atoms with Gasteiger partial charge in [0.25, 0.3) is 0 Å². The zero-order valence-corrected chi connectivity index (χ0v) is 7.94. The molecule has 0 N–H and O–H groups in total. The summed E-state index contributed by atoms with van der Waals surface area (Å²) in [6.07, 6.45) is 14.5. The van der Waals surface area contributed by atoms with Gasteiger partial charge in [0.1, 0.15) is 0 Å². The first-order chi connectivity index (χ1) is 6.88. The molecule has 0 radical (unpaired) electrons. The van der Waals surface area contributed by atoms with Crippen molar-refractivity contribution in [1.82, 2.24) is 0 Å². The zero-order chi connectivity index (χ0) is 9.54. The van der Waals surface area contributed by atoms with Crippen molar-refractivity contribution in [2.45, 2.75) is 12.8 Å². The minimum absolute atomic E-state index is 0.104. The van der Waals surface area contributed by atoms with E-state index in [4.69, 9.17) is 0 Å². The van der Waals surface area contributed by atoms with Gasteiger partial charge in [-0.2, -0.15) is 0 Å². The Labute approximate surface area is 83.5 Å². The van der Waals surface area contributed by atoms with Gasteiger partial charge in [-0.15, -0.1) is 0 Å². The number of carbonyl (C=O) groups excluding carboxylic acids is 1. The third-order valence-electron chi connectivity index (χ3n) is 3.32. The molecule has 0 bridgehead atoms. The summed E-state index contributed by atoms with van der Waals surface area (Å²) >= 11 is 0. The third kappa shape index (κ3) is 0.926. The van der Waals surface area contributed by atoms with Crippen LogP contribution in [0.5, 0.6) is 0 Å². The van der Waals surface area contributed by atoms with Gasteiger partial charge in [-0.3, -0.25) is 4.79 Å². The maximum absolute atomic E-state index is 12.0. The van der Waals surface area contributed by atoms with Gasteiger partial charge in [-0.25, -0.2) is 0 Å². The molecule has 3 aliphatic carbocycles. The molecule has 0 heterocycles. The summed E-state index contributed by atoms with van der Waals surface area (Å²) in [6.45, 7) is 0. The second kappa shape index (κ2) is 2.81. The number of ketones is 1. The maximum Gasteiger partial charge on any atom is 0.170 e. The van der Waals surface area contributed by atoms with Crippen molar-refractivity contribution in [3.05, 3.63) is 47.6 Å². The first-order valence-electron chi connectivity index (χ1n) is 5.17. The summed E-state index contributed by atoms with van der Waals surface area (Å²) in [5.74, 6) is 0.793. The molecular formula is C13H12O. The Balaban J connectivity index is 2.10. The normalized spacial score (nSPS) is 33.6. The molecule has 3 aliphatic rings. The smallest absolute Gasteiger partial charge is 0.170 e. The number of fused-ring (bicyclic) bond motifs is 2. The van der Waals surface area contributed by atoms with Crippen LogP contribution in [0.2, 0.25) is 0 Å². The maximum atomic E-state index is 12.0. The molecule has 0 aromatic carbocycles. The van der Waals surface area contributed by atoms with Crippen LogP contribution in [0.25, 0.3) is 0 Å². The minimum Gasteiger partial charge on any atom is -0.293 e. The minimum atomic E-state index is 0.104. The molecule has 0 aromatic rings. The fourth-order valence-corrected chi connectivity index (χ4v) is 2.64. The molecule has 0 saturated heterocycles. The van der Waals surface area contributed by atoms with Gasteiger partial charge in [0.2, 0.25) is 0 Å². The Morgan fingerprint density at radius 3 is 2.79 bits per heavy atom. The van der Waals surface area contributed by atoms with Crippen molar-refractivity contribution >= 4 is 5.78 Å². The molecule has 0 fully saturated rings. The van der Waals surface area contributed by atoms with Crippen LogP contribution in [-0.4, -0.2) is 5.78 Å². The summed E-state index contributed by atoms with van der Waals surface area (Å²) in [4.78, 5) is 12.0. The summed E-state index contributed by atoms with van der Waals surface area (Å²) in [6, 6.07) is 0. The Hall–Kier alpha value is -1.37. The lowest BCUT2D eigenvalue weighted by Gasteiger charge is -2.17. The van der Waals surface area contributed by atoms with Gasteiger partial charge in [0.15, 0.2) is 5.78 Å². The van der Waals surface area contributed by atoms with E-state index in [-0.39, 0.29) is 5.92 Å². The molecule has 0 aliphatic heterocycles. The first kappa shape index (κ1) is 7.98. The van der Waals surface area contributed by atoms with Gasteiger partial charge in [0, 0.05) is 11.5 Å². The van der Waals surface area contributed by atoms with Gasteiger partial charge in [-0.05, 0) is 12.8 Å². The number of allylic oxidation sites excluding steroid dienone is 8. The highest BCUT2D eigenvalue weighted by Crippen LogP contribution is 2.42. The molecule has 0 aromatic heterocycles. The van der Waals surface area contributed by atoms with Crippen molar-refractivity contribution in [3.63, 3.8) is 0 Å². The summed E-state index contributed by atoms with van der Waals surface area (Å²) in [7, 11) is 0. The van der Waals surface area contributed by atoms with Crippen LogP contribution in [0.4, 0.5) is 0 Å². The number of carbonyl (C=O) groups is 1. The molecule has 0 spiro atoms. The molecule has 0 amide bonds. The second-order valence-corrected chi connectivity index (χ2v) is 4.07. The zero-order valence-electron chi connectivity index (χ0n) is 7.94. The van der Waals surface area contributed by atoms with E-state index in [0.29, 0.717) is 11.7 Å². The topological polar surface area (TPSA) is 17.1 Å². The summed E-state index contributed by atoms with van der Waals surface area (Å²) < 4.78 is 0. The lowest BCUT2D eigenvalue weighted by Crippen LogP contribution is -2.15. The number of Topliss-reactive ketones (excluding diaryl/α,β-unsaturated/α-hetero) is 1. The van der Waals surface area contributed by atoms with Crippen LogP contribution >= 0.6 is 0 Å². The second-order valence-electron chi connectivity index (χ2n) is 4.07. The van der Waals surface area contributed by atoms with Gasteiger partial charge < -0.3 is 0 Å². The van der Waals surface area contributed by atoms with Crippen LogP contribution < -0.4 is 0 Å². The SMILES string of the molecule is O=C1C2=C(CCC=C2)C2C=CC=CC12. The third-order valence-corrected chi connectivity index (χ3v) is 3.32. The molecule has 3 rings (SSSR count). The van der Waals surface area contributed by atoms with Crippen LogP contribution in [-0.2, 0) is 4.79 Å². The predicted molar refractivity (Wildman–Crippen MR) is 55.7 cm³/mol. The Morgan fingerprint density at radius 2 is 1.93 bits per heavy atom. The van der Waals surface area contributed by atoms with Crippen LogP contribution in [0.3, 0.4) is 0 Å². The van der Waals surface area contributed by atoms with E-state index in [1.807, 2.05) is 18.2 Å². The van der Waals surface area contributed by atoms with Gasteiger partial charge >= 0.3 is 0 Å². The van der Waals surface area contributed by atoms with Crippen molar-refractivity contribution in [2.24, 2.45) is 11.8 Å². The van der Waals surface area contributed by atoms with E-state index in [1.54, 1.807) is 0 Å². The van der Waals surface area contributed by atoms with E-state index in [0.717, 1.165) is 18.4 Å².